The van der Waals surface area contributed by atoms with E-state index in [-0.39, 0.29) is 29.3 Å². The minimum absolute atomic E-state index is 0.0458. The van der Waals surface area contributed by atoms with Gasteiger partial charge in [-0.05, 0) is 32.5 Å². The lowest BCUT2D eigenvalue weighted by atomic mass is 9.78. The summed E-state index contributed by atoms with van der Waals surface area (Å²) in [5.41, 5.74) is 0.919. The van der Waals surface area contributed by atoms with Crippen LogP contribution in [-0.4, -0.2) is 65.6 Å². The number of amides is 1. The number of nitrogens with one attached hydrogen (secondary N) is 1. The predicted molar refractivity (Wildman–Crippen MR) is 106 cm³/mol. The van der Waals surface area contributed by atoms with Gasteiger partial charge in [0.15, 0.2) is 5.82 Å². The molecule has 2 aliphatic heterocycles. The first kappa shape index (κ1) is 19.5. The topological polar surface area (TPSA) is 83.4 Å². The minimum atomic E-state index is -0.468. The van der Waals surface area contributed by atoms with Gasteiger partial charge in [0, 0.05) is 37.3 Å². The number of carbonyl (C=O) groups is 1. The first-order valence-corrected chi connectivity index (χ1v) is 9.77. The monoisotopic (exact) mass is 400 g/mol. The number of halogens is 1. The van der Waals surface area contributed by atoms with Crippen LogP contribution in [0.1, 0.15) is 24.1 Å². The highest BCUT2D eigenvalue weighted by Crippen LogP contribution is 2.41. The molecule has 8 nitrogen and oxygen atoms in total. The molecule has 29 heavy (non-hydrogen) atoms. The van der Waals surface area contributed by atoms with Gasteiger partial charge < -0.3 is 19.7 Å². The Morgan fingerprint density at radius 3 is 2.76 bits per heavy atom. The lowest BCUT2D eigenvalue weighted by Crippen LogP contribution is -2.52. The van der Waals surface area contributed by atoms with Crippen LogP contribution in [-0.2, 0) is 4.79 Å². The molecule has 0 aliphatic carbocycles. The Morgan fingerprint density at radius 2 is 2.03 bits per heavy atom. The van der Waals surface area contributed by atoms with Crippen molar-refractivity contribution in [2.75, 3.05) is 45.2 Å². The van der Waals surface area contributed by atoms with Crippen LogP contribution >= 0.6 is 0 Å². The van der Waals surface area contributed by atoms with Gasteiger partial charge >= 0.3 is 0 Å². The summed E-state index contributed by atoms with van der Waals surface area (Å²) in [6.45, 7) is 2.01. The van der Waals surface area contributed by atoms with E-state index in [1.807, 2.05) is 29.6 Å². The van der Waals surface area contributed by atoms with E-state index in [9.17, 15) is 14.0 Å². The SMILES string of the molecule is CN(C)CC(=O)NC[C@H]1[C@H]2C[C@H](CN(c3ncc(F)cn3)C2)c2cccc(=O)n21. The highest BCUT2D eigenvalue weighted by Gasteiger charge is 2.41. The van der Waals surface area contributed by atoms with Gasteiger partial charge in [0.25, 0.3) is 5.56 Å². The molecule has 0 saturated carbocycles. The van der Waals surface area contributed by atoms with Gasteiger partial charge in [0.05, 0.1) is 25.0 Å². The van der Waals surface area contributed by atoms with Crippen molar-refractivity contribution in [2.45, 2.75) is 18.4 Å². The molecule has 2 aromatic rings. The average molecular weight is 400 g/mol. The number of carbonyl (C=O) groups excluding carboxylic acids is 1. The number of aromatic nitrogens is 3. The summed E-state index contributed by atoms with van der Waals surface area (Å²) in [6, 6.07) is 5.18. The number of hydrogen-bond donors (Lipinski definition) is 1. The van der Waals surface area contributed by atoms with Gasteiger partial charge in [0.2, 0.25) is 11.9 Å². The maximum atomic E-state index is 13.2. The van der Waals surface area contributed by atoms with Gasteiger partial charge in [-0.15, -0.1) is 0 Å². The summed E-state index contributed by atoms with van der Waals surface area (Å²) in [7, 11) is 3.68. The molecular formula is C20H25FN6O2. The molecule has 2 aromatic heterocycles. The van der Waals surface area contributed by atoms with Crippen LogP contribution in [0.5, 0.6) is 0 Å². The number of anilines is 1. The molecule has 1 fully saturated rings. The fourth-order valence-corrected chi connectivity index (χ4v) is 4.50. The molecule has 1 N–H and O–H groups in total. The maximum Gasteiger partial charge on any atom is 0.251 e. The number of hydrogen-bond acceptors (Lipinski definition) is 6. The molecular weight excluding hydrogens is 375 g/mol. The van der Waals surface area contributed by atoms with Crippen molar-refractivity contribution in [1.29, 1.82) is 0 Å². The highest BCUT2D eigenvalue weighted by molar-refractivity contribution is 5.77. The summed E-state index contributed by atoms with van der Waals surface area (Å²) in [5.74, 6) is 0.254. The second kappa shape index (κ2) is 7.90. The van der Waals surface area contributed by atoms with Gasteiger partial charge in [0.1, 0.15) is 0 Å². The van der Waals surface area contributed by atoms with E-state index in [0.717, 1.165) is 12.1 Å². The molecule has 0 radical (unpaired) electrons. The van der Waals surface area contributed by atoms with E-state index in [0.29, 0.717) is 32.1 Å². The molecule has 4 rings (SSSR count). The summed E-state index contributed by atoms with van der Waals surface area (Å²) in [6.07, 6.45) is 3.27. The number of rotatable bonds is 5. The molecule has 4 heterocycles. The van der Waals surface area contributed by atoms with Crippen molar-refractivity contribution in [3.8, 4) is 0 Å². The first-order valence-electron chi connectivity index (χ1n) is 9.77. The van der Waals surface area contributed by atoms with E-state index in [1.165, 1.54) is 12.4 Å². The van der Waals surface area contributed by atoms with Gasteiger partial charge in [-0.3, -0.25) is 9.59 Å². The molecule has 154 valence electrons. The van der Waals surface area contributed by atoms with Crippen LogP contribution < -0.4 is 15.8 Å². The van der Waals surface area contributed by atoms with Crippen LogP contribution in [0.15, 0.2) is 35.4 Å². The largest absolute Gasteiger partial charge is 0.353 e. The van der Waals surface area contributed by atoms with Crippen LogP contribution in [0.2, 0.25) is 0 Å². The fraction of sp³-hybridized carbons (Fsp3) is 0.500. The van der Waals surface area contributed by atoms with Crippen LogP contribution in [0.25, 0.3) is 0 Å². The molecule has 0 spiro atoms. The zero-order valence-corrected chi connectivity index (χ0v) is 16.6. The lowest BCUT2D eigenvalue weighted by molar-refractivity contribution is -0.121. The molecule has 0 aromatic carbocycles. The summed E-state index contributed by atoms with van der Waals surface area (Å²) >= 11 is 0. The van der Waals surface area contributed by atoms with E-state index >= 15 is 0 Å². The summed E-state index contributed by atoms with van der Waals surface area (Å²) in [5, 5.41) is 2.98. The van der Waals surface area contributed by atoms with Crippen LogP contribution in [0, 0.1) is 11.7 Å². The van der Waals surface area contributed by atoms with E-state index in [4.69, 9.17) is 0 Å². The number of pyridine rings is 1. The van der Waals surface area contributed by atoms with E-state index < -0.39 is 5.82 Å². The molecule has 9 heteroatoms. The van der Waals surface area contributed by atoms with Crippen molar-refractivity contribution in [1.82, 2.24) is 24.8 Å². The Labute approximate surface area is 168 Å². The molecule has 2 aliphatic rings. The fourth-order valence-electron chi connectivity index (χ4n) is 4.50. The standard InChI is InChI=1S/C20H25FN6O2/c1-25(2)12-18(28)22-9-17-14-6-13(16-4-3-5-19(29)27(16)17)10-26(11-14)20-23-7-15(21)8-24-20/h3-5,7-8,13-14,17H,6,9-12H2,1-2H3,(H,22,28)/t13-,14+,17+/m1/s1. The van der Waals surface area contributed by atoms with Gasteiger partial charge in [-0.25, -0.2) is 14.4 Å². The number of likely N-dealkylation sites (N-methyl/N-ethyl adjacent to an activating group) is 1. The number of nitrogens with zero attached hydrogens (tertiary/aromatic N) is 5. The Hall–Kier alpha value is -2.81. The van der Waals surface area contributed by atoms with Crippen LogP contribution in [0.4, 0.5) is 10.3 Å². The number of piperidine rings is 1. The van der Waals surface area contributed by atoms with Crippen molar-refractivity contribution in [3.05, 3.63) is 52.5 Å². The normalized spacial score (nSPS) is 23.0. The average Bonchev–Trinajstić information content (AvgIpc) is 2.68. The summed E-state index contributed by atoms with van der Waals surface area (Å²) < 4.78 is 15.1. The van der Waals surface area contributed by atoms with Crippen molar-refractivity contribution >= 4 is 11.9 Å². The molecule has 2 bridgehead atoms. The van der Waals surface area contributed by atoms with Crippen LogP contribution in [0.3, 0.4) is 0 Å². The Bertz CT molecular complexity index is 945. The molecule has 3 atom stereocenters. The zero-order chi connectivity index (χ0) is 20.5. The summed E-state index contributed by atoms with van der Waals surface area (Å²) in [4.78, 5) is 37.0. The van der Waals surface area contributed by atoms with Crippen molar-refractivity contribution < 1.29 is 9.18 Å². The third-order valence-electron chi connectivity index (χ3n) is 5.66. The highest BCUT2D eigenvalue weighted by atomic mass is 19.1. The smallest absolute Gasteiger partial charge is 0.251 e. The van der Waals surface area contributed by atoms with Gasteiger partial charge in [-0.1, -0.05) is 6.07 Å². The second-order valence-electron chi connectivity index (χ2n) is 8.07. The quantitative estimate of drug-likeness (QED) is 0.792. The van der Waals surface area contributed by atoms with E-state index in [1.54, 1.807) is 17.0 Å². The Balaban J connectivity index is 1.62. The maximum absolute atomic E-state index is 13.2. The third kappa shape index (κ3) is 4.00. The molecule has 1 saturated heterocycles. The first-order chi connectivity index (χ1) is 13.9. The van der Waals surface area contributed by atoms with Crippen molar-refractivity contribution in [3.63, 3.8) is 0 Å². The lowest BCUT2D eigenvalue weighted by Gasteiger charge is -2.47. The van der Waals surface area contributed by atoms with E-state index in [2.05, 4.69) is 15.3 Å². The Kier molecular flexibility index (Phi) is 5.31. The third-order valence-corrected chi connectivity index (χ3v) is 5.66. The second-order valence-corrected chi connectivity index (χ2v) is 8.07. The van der Waals surface area contributed by atoms with Crippen molar-refractivity contribution in [2.24, 2.45) is 5.92 Å². The Morgan fingerprint density at radius 1 is 1.28 bits per heavy atom. The predicted octanol–water partition coefficient (Wildman–Crippen LogP) is 0.620. The number of fused-ring (bicyclic) bond motifs is 4. The van der Waals surface area contributed by atoms with Gasteiger partial charge in [-0.2, -0.15) is 0 Å². The molecule has 0 unspecified atom stereocenters. The zero-order valence-electron chi connectivity index (χ0n) is 16.6. The minimum Gasteiger partial charge on any atom is -0.353 e. The molecule has 1 amide bonds.